The fourth-order valence-corrected chi connectivity index (χ4v) is 6.07. The van der Waals surface area contributed by atoms with Gasteiger partial charge in [-0.15, -0.1) is 0 Å². The molecule has 2 aromatic heterocycles. The lowest BCUT2D eigenvalue weighted by Crippen LogP contribution is -2.49. The molecule has 0 saturated carbocycles. The molecule has 10 heteroatoms. The maximum Gasteiger partial charge on any atom is 0.262 e. The van der Waals surface area contributed by atoms with Crippen LogP contribution in [0.4, 0.5) is 0 Å². The average molecular weight is 576 g/mol. The second kappa shape index (κ2) is 11.8. The van der Waals surface area contributed by atoms with E-state index in [0.717, 1.165) is 23.4 Å². The number of hydrogen-bond acceptors (Lipinski definition) is 6. The number of aryl methyl sites for hydroxylation is 1. The maximum absolute atomic E-state index is 13.4. The fourth-order valence-electron chi connectivity index (χ4n) is 5.78. The van der Waals surface area contributed by atoms with Crippen molar-refractivity contribution in [2.75, 3.05) is 32.8 Å². The Morgan fingerprint density at radius 2 is 1.88 bits per heavy atom. The number of piperidine rings is 1. The molecule has 4 heterocycles. The maximum atomic E-state index is 13.4. The third-order valence-corrected chi connectivity index (χ3v) is 8.48. The normalized spacial score (nSPS) is 19.0. The number of aromatic nitrogens is 3. The number of rotatable bonds is 7. The molecule has 1 atom stereocenters. The van der Waals surface area contributed by atoms with Crippen molar-refractivity contribution in [1.82, 2.24) is 24.3 Å². The number of carbonyl (C=O) groups is 1. The Labute approximate surface area is 243 Å². The second-order valence-corrected chi connectivity index (χ2v) is 11.4. The largest absolute Gasteiger partial charge is 0.388 e. The van der Waals surface area contributed by atoms with E-state index < -0.39 is 5.60 Å². The number of amides is 1. The molecule has 214 valence electrons. The standard InChI is InChI=1S/C31H34ClN5O4/c32-27-18-25-29(37(27)24-9-7-23(8-10-24)26-19-41-17-14-33-26)34-21-36(30(25)39)20-31(40)12-15-35(16-13-31)28(38)11-6-22-4-2-1-3-5-22/h1-5,7-10,18,21,26,33,40H,6,11-17,19-20H2. The Hall–Kier alpha value is -3.50. The van der Waals surface area contributed by atoms with Crippen LogP contribution < -0.4 is 10.9 Å². The Morgan fingerprint density at radius 1 is 1.12 bits per heavy atom. The first-order valence-corrected chi connectivity index (χ1v) is 14.5. The predicted octanol–water partition coefficient (Wildman–Crippen LogP) is 3.49. The zero-order valence-electron chi connectivity index (χ0n) is 22.8. The minimum atomic E-state index is -1.10. The number of likely N-dealkylation sites (tertiary alicyclic amines) is 1. The highest BCUT2D eigenvalue weighted by molar-refractivity contribution is 6.31. The number of morpholine rings is 1. The van der Waals surface area contributed by atoms with Crippen molar-refractivity contribution >= 4 is 28.5 Å². The van der Waals surface area contributed by atoms with E-state index in [9.17, 15) is 14.7 Å². The van der Waals surface area contributed by atoms with Crippen LogP contribution in [0.3, 0.4) is 0 Å². The van der Waals surface area contributed by atoms with Gasteiger partial charge in [0.05, 0.1) is 36.8 Å². The summed E-state index contributed by atoms with van der Waals surface area (Å²) in [5, 5.41) is 15.5. The van der Waals surface area contributed by atoms with Gasteiger partial charge in [0.25, 0.3) is 5.56 Å². The van der Waals surface area contributed by atoms with Gasteiger partial charge < -0.3 is 20.1 Å². The minimum Gasteiger partial charge on any atom is -0.388 e. The zero-order valence-corrected chi connectivity index (χ0v) is 23.6. The number of nitrogens with one attached hydrogen (secondary N) is 1. The molecule has 0 aliphatic carbocycles. The van der Waals surface area contributed by atoms with E-state index in [1.807, 2.05) is 59.5 Å². The molecule has 2 saturated heterocycles. The topological polar surface area (TPSA) is 102 Å². The van der Waals surface area contributed by atoms with Crippen LogP contribution >= 0.6 is 11.6 Å². The SMILES string of the molecule is O=C(CCc1ccccc1)N1CCC(O)(Cn2cnc3c(cc(Cl)n3-c3ccc(C4COCCN4)cc3)c2=O)CC1. The molecule has 41 heavy (non-hydrogen) atoms. The Morgan fingerprint density at radius 3 is 2.59 bits per heavy atom. The van der Waals surface area contributed by atoms with E-state index in [4.69, 9.17) is 16.3 Å². The summed E-state index contributed by atoms with van der Waals surface area (Å²) < 4.78 is 8.78. The molecule has 2 fully saturated rings. The third kappa shape index (κ3) is 5.94. The molecule has 4 aromatic rings. The molecule has 0 spiro atoms. The molecular formula is C31H34ClN5O4. The molecule has 0 radical (unpaired) electrons. The summed E-state index contributed by atoms with van der Waals surface area (Å²) in [6, 6.07) is 19.7. The minimum absolute atomic E-state index is 0.0866. The quantitative estimate of drug-likeness (QED) is 0.350. The molecule has 2 aliphatic rings. The summed E-state index contributed by atoms with van der Waals surface area (Å²) in [5.74, 6) is 0.0866. The van der Waals surface area contributed by atoms with Crippen molar-refractivity contribution in [3.05, 3.63) is 93.6 Å². The number of hydrogen-bond donors (Lipinski definition) is 2. The fraction of sp³-hybridized carbons (Fsp3) is 0.387. The first-order valence-electron chi connectivity index (χ1n) is 14.1. The molecule has 2 N–H and O–H groups in total. The molecule has 6 rings (SSSR count). The van der Waals surface area contributed by atoms with Crippen molar-refractivity contribution in [2.45, 2.75) is 43.9 Å². The van der Waals surface area contributed by atoms with Crippen LogP contribution in [-0.2, 0) is 22.5 Å². The van der Waals surface area contributed by atoms with Crippen LogP contribution in [0, 0.1) is 0 Å². The van der Waals surface area contributed by atoms with Gasteiger partial charge in [-0.2, -0.15) is 0 Å². The molecule has 2 aliphatic heterocycles. The number of nitrogens with zero attached hydrogens (tertiary/aromatic N) is 4. The summed E-state index contributed by atoms with van der Waals surface area (Å²) >= 11 is 6.60. The van der Waals surface area contributed by atoms with E-state index in [1.165, 1.54) is 10.9 Å². The Balaban J connectivity index is 1.13. The van der Waals surface area contributed by atoms with Gasteiger partial charge in [-0.1, -0.05) is 54.1 Å². The highest BCUT2D eigenvalue weighted by Crippen LogP contribution is 2.28. The van der Waals surface area contributed by atoms with Crippen LogP contribution in [0.2, 0.25) is 5.15 Å². The van der Waals surface area contributed by atoms with Gasteiger partial charge in [0.1, 0.15) is 11.5 Å². The third-order valence-electron chi connectivity index (χ3n) is 8.20. The van der Waals surface area contributed by atoms with E-state index in [-0.39, 0.29) is 24.1 Å². The van der Waals surface area contributed by atoms with Crippen molar-refractivity contribution in [1.29, 1.82) is 0 Å². The molecule has 1 unspecified atom stereocenters. The van der Waals surface area contributed by atoms with Crippen LogP contribution in [0.15, 0.2) is 71.8 Å². The predicted molar refractivity (Wildman–Crippen MR) is 157 cm³/mol. The van der Waals surface area contributed by atoms with Crippen LogP contribution in [0.1, 0.15) is 36.4 Å². The summed E-state index contributed by atoms with van der Waals surface area (Å²) in [7, 11) is 0. The highest BCUT2D eigenvalue weighted by Gasteiger charge is 2.34. The molecule has 1 amide bonds. The molecule has 2 aromatic carbocycles. The van der Waals surface area contributed by atoms with E-state index >= 15 is 0 Å². The van der Waals surface area contributed by atoms with Gasteiger partial charge in [-0.25, -0.2) is 4.98 Å². The number of fused-ring (bicyclic) bond motifs is 1. The summed E-state index contributed by atoms with van der Waals surface area (Å²) in [5.41, 5.74) is 2.16. The van der Waals surface area contributed by atoms with Gasteiger partial charge >= 0.3 is 0 Å². The molecular weight excluding hydrogens is 542 g/mol. The first kappa shape index (κ1) is 27.7. The van der Waals surface area contributed by atoms with Crippen LogP contribution in [0.25, 0.3) is 16.7 Å². The van der Waals surface area contributed by atoms with Gasteiger partial charge in [-0.05, 0) is 48.6 Å². The van der Waals surface area contributed by atoms with Crippen LogP contribution in [0.5, 0.6) is 0 Å². The van der Waals surface area contributed by atoms with Crippen molar-refractivity contribution < 1.29 is 14.6 Å². The highest BCUT2D eigenvalue weighted by atomic mass is 35.5. The first-order chi connectivity index (χ1) is 19.9. The Bertz CT molecular complexity index is 1570. The number of benzene rings is 2. The number of carbonyl (C=O) groups excluding carboxylic acids is 1. The zero-order chi connectivity index (χ0) is 28.4. The van der Waals surface area contributed by atoms with Crippen molar-refractivity contribution in [3.63, 3.8) is 0 Å². The van der Waals surface area contributed by atoms with E-state index in [0.29, 0.717) is 68.2 Å². The Kier molecular flexibility index (Phi) is 7.94. The second-order valence-electron chi connectivity index (χ2n) is 11.0. The van der Waals surface area contributed by atoms with Crippen molar-refractivity contribution in [2.24, 2.45) is 0 Å². The van der Waals surface area contributed by atoms with E-state index in [1.54, 1.807) is 10.6 Å². The number of halogens is 1. The van der Waals surface area contributed by atoms with E-state index in [2.05, 4.69) is 10.3 Å². The molecule has 0 bridgehead atoms. The lowest BCUT2D eigenvalue weighted by Gasteiger charge is -2.38. The van der Waals surface area contributed by atoms with Gasteiger partial charge in [0, 0.05) is 31.7 Å². The van der Waals surface area contributed by atoms with Crippen LogP contribution in [-0.4, -0.2) is 68.5 Å². The lowest BCUT2D eigenvalue weighted by atomic mass is 9.91. The number of ether oxygens (including phenoxy) is 1. The summed E-state index contributed by atoms with van der Waals surface area (Å²) in [4.78, 5) is 32.6. The number of aliphatic hydroxyl groups is 1. The van der Waals surface area contributed by atoms with Crippen molar-refractivity contribution in [3.8, 4) is 5.69 Å². The monoisotopic (exact) mass is 575 g/mol. The molecule has 9 nitrogen and oxygen atoms in total. The van der Waals surface area contributed by atoms with Gasteiger partial charge in [0.2, 0.25) is 5.91 Å². The average Bonchev–Trinajstić information content (AvgIpc) is 3.35. The smallest absolute Gasteiger partial charge is 0.262 e. The van der Waals surface area contributed by atoms with Gasteiger partial charge in [0.15, 0.2) is 5.65 Å². The summed E-state index contributed by atoms with van der Waals surface area (Å²) in [6.45, 7) is 3.17. The van der Waals surface area contributed by atoms with Gasteiger partial charge in [-0.3, -0.25) is 18.7 Å². The lowest BCUT2D eigenvalue weighted by molar-refractivity contribution is -0.135. The summed E-state index contributed by atoms with van der Waals surface area (Å²) in [6.07, 6.45) is 3.40.